The molecule has 0 saturated heterocycles. The zero-order chi connectivity index (χ0) is 12.3. The number of nitrogens with zero attached hydrogens (tertiary/aromatic N) is 1. The topological polar surface area (TPSA) is 26.0 Å². The van der Waals surface area contributed by atoms with Crippen molar-refractivity contribution in [1.29, 1.82) is 0 Å². The predicted molar refractivity (Wildman–Crippen MR) is 71.2 cm³/mol. The average molecular weight is 268 g/mol. The Balaban J connectivity index is 2.20. The molecule has 1 aromatic heterocycles. The Hall–Kier alpha value is -1.25. The Bertz CT molecular complexity index is 546. The molecule has 0 amide bonds. The van der Waals surface area contributed by atoms with E-state index >= 15 is 0 Å². The molecular weight excluding hydrogens is 257 g/mol. The first-order valence-electron chi connectivity index (χ1n) is 5.15. The fraction of sp³-hybridized carbons (Fsp3) is 0.154. The highest BCUT2D eigenvalue weighted by atomic mass is 35.5. The summed E-state index contributed by atoms with van der Waals surface area (Å²) in [4.78, 5) is 4.25. The third kappa shape index (κ3) is 3.11. The second-order valence-corrected chi connectivity index (χ2v) is 4.28. The van der Waals surface area contributed by atoms with Crippen molar-refractivity contribution >= 4 is 35.4 Å². The summed E-state index contributed by atoms with van der Waals surface area (Å²) in [6.45, 7) is 1.85. The van der Waals surface area contributed by atoms with Crippen molar-refractivity contribution in [3.8, 4) is 0 Å². The SMILES string of the molecule is Cc1oc(/C=C/c2cccc(Cl)c2)nc1CCl. The van der Waals surface area contributed by atoms with Crippen molar-refractivity contribution in [3.63, 3.8) is 0 Å². The van der Waals surface area contributed by atoms with E-state index in [1.807, 2.05) is 37.3 Å². The molecule has 0 saturated carbocycles. The molecule has 0 atom stereocenters. The molecule has 1 aromatic carbocycles. The molecule has 17 heavy (non-hydrogen) atoms. The molecule has 0 unspecified atom stereocenters. The second-order valence-electron chi connectivity index (χ2n) is 3.58. The lowest BCUT2D eigenvalue weighted by Crippen LogP contribution is -1.79. The summed E-state index contributed by atoms with van der Waals surface area (Å²) in [5.74, 6) is 1.67. The first-order valence-corrected chi connectivity index (χ1v) is 6.06. The van der Waals surface area contributed by atoms with Crippen LogP contribution in [0, 0.1) is 6.92 Å². The monoisotopic (exact) mass is 267 g/mol. The Kier molecular flexibility index (Phi) is 3.87. The van der Waals surface area contributed by atoms with E-state index in [2.05, 4.69) is 4.98 Å². The van der Waals surface area contributed by atoms with Crippen LogP contribution in [0.1, 0.15) is 22.9 Å². The number of rotatable bonds is 3. The highest BCUT2D eigenvalue weighted by molar-refractivity contribution is 6.30. The van der Waals surface area contributed by atoms with E-state index < -0.39 is 0 Å². The lowest BCUT2D eigenvalue weighted by atomic mass is 10.2. The molecule has 0 spiro atoms. The molecule has 0 radical (unpaired) electrons. The Morgan fingerprint density at radius 3 is 2.82 bits per heavy atom. The van der Waals surface area contributed by atoms with Gasteiger partial charge in [0, 0.05) is 11.1 Å². The first kappa shape index (κ1) is 12.2. The number of aromatic nitrogens is 1. The summed E-state index contributed by atoms with van der Waals surface area (Å²) < 4.78 is 5.44. The third-order valence-electron chi connectivity index (χ3n) is 2.30. The number of hydrogen-bond acceptors (Lipinski definition) is 2. The molecule has 1 heterocycles. The normalized spacial score (nSPS) is 11.2. The molecule has 88 valence electrons. The molecule has 0 aliphatic heterocycles. The molecule has 4 heteroatoms. The standard InChI is InChI=1S/C13H11Cl2NO/c1-9-12(8-14)16-13(17-9)6-5-10-3-2-4-11(15)7-10/h2-7H,8H2,1H3/b6-5+. The molecule has 2 nitrogen and oxygen atoms in total. The minimum Gasteiger partial charge on any atom is -0.442 e. The maximum Gasteiger partial charge on any atom is 0.219 e. The lowest BCUT2D eigenvalue weighted by Gasteiger charge is -1.92. The van der Waals surface area contributed by atoms with E-state index in [-0.39, 0.29) is 0 Å². The van der Waals surface area contributed by atoms with Crippen LogP contribution in [-0.2, 0) is 5.88 Å². The fourth-order valence-electron chi connectivity index (χ4n) is 1.42. The van der Waals surface area contributed by atoms with Crippen LogP contribution in [0.3, 0.4) is 0 Å². The summed E-state index contributed by atoms with van der Waals surface area (Å²) in [6.07, 6.45) is 3.70. The van der Waals surface area contributed by atoms with Gasteiger partial charge >= 0.3 is 0 Å². The van der Waals surface area contributed by atoms with Gasteiger partial charge in [-0.15, -0.1) is 11.6 Å². The van der Waals surface area contributed by atoms with Crippen LogP contribution >= 0.6 is 23.2 Å². The zero-order valence-corrected chi connectivity index (χ0v) is 10.8. The maximum absolute atomic E-state index is 5.89. The molecule has 0 bridgehead atoms. The summed E-state index contributed by atoms with van der Waals surface area (Å²) in [7, 11) is 0. The number of aryl methyl sites for hydroxylation is 1. The number of oxazole rings is 1. The summed E-state index contributed by atoms with van der Waals surface area (Å²) >= 11 is 11.6. The maximum atomic E-state index is 5.89. The number of benzene rings is 1. The van der Waals surface area contributed by atoms with Crippen molar-refractivity contribution in [2.45, 2.75) is 12.8 Å². The van der Waals surface area contributed by atoms with E-state index in [4.69, 9.17) is 27.6 Å². The molecule has 0 N–H and O–H groups in total. The predicted octanol–water partition coefficient (Wildman–Crippen LogP) is 4.55. The number of halogens is 2. The van der Waals surface area contributed by atoms with Crippen LogP contribution in [-0.4, -0.2) is 4.98 Å². The van der Waals surface area contributed by atoms with Crippen LogP contribution in [0.5, 0.6) is 0 Å². The van der Waals surface area contributed by atoms with Crippen molar-refractivity contribution in [1.82, 2.24) is 4.98 Å². The van der Waals surface area contributed by atoms with E-state index in [0.29, 0.717) is 16.8 Å². The van der Waals surface area contributed by atoms with E-state index in [1.165, 1.54) is 0 Å². The molecule has 2 rings (SSSR count). The largest absolute Gasteiger partial charge is 0.442 e. The van der Waals surface area contributed by atoms with Crippen LogP contribution in [0.4, 0.5) is 0 Å². The van der Waals surface area contributed by atoms with Crippen LogP contribution in [0.15, 0.2) is 28.7 Å². The minimum absolute atomic E-state index is 0.361. The van der Waals surface area contributed by atoms with Gasteiger partial charge < -0.3 is 4.42 Å². The zero-order valence-electron chi connectivity index (χ0n) is 9.28. The second kappa shape index (κ2) is 5.39. The molecule has 0 aliphatic carbocycles. The molecule has 0 aliphatic rings. The van der Waals surface area contributed by atoms with Crippen molar-refractivity contribution in [2.75, 3.05) is 0 Å². The Labute approximate surface area is 110 Å². The van der Waals surface area contributed by atoms with Gasteiger partial charge in [-0.1, -0.05) is 23.7 Å². The van der Waals surface area contributed by atoms with E-state index in [9.17, 15) is 0 Å². The van der Waals surface area contributed by atoms with Crippen LogP contribution < -0.4 is 0 Å². The van der Waals surface area contributed by atoms with Gasteiger partial charge in [0.25, 0.3) is 0 Å². The average Bonchev–Trinajstić information content (AvgIpc) is 2.67. The first-order chi connectivity index (χ1) is 8.19. The van der Waals surface area contributed by atoms with E-state index in [1.54, 1.807) is 6.08 Å². The summed E-state index contributed by atoms with van der Waals surface area (Å²) in [5.41, 5.74) is 1.78. The van der Waals surface area contributed by atoms with Crippen LogP contribution in [0.2, 0.25) is 5.02 Å². The van der Waals surface area contributed by atoms with Gasteiger partial charge in [0.2, 0.25) is 5.89 Å². The summed E-state index contributed by atoms with van der Waals surface area (Å²) in [6, 6.07) is 7.56. The summed E-state index contributed by atoms with van der Waals surface area (Å²) in [5, 5.41) is 0.706. The third-order valence-corrected chi connectivity index (χ3v) is 2.79. The molecule has 2 aromatic rings. The lowest BCUT2D eigenvalue weighted by molar-refractivity contribution is 0.515. The minimum atomic E-state index is 0.361. The van der Waals surface area contributed by atoms with E-state index in [0.717, 1.165) is 17.0 Å². The molecule has 0 fully saturated rings. The van der Waals surface area contributed by atoms with Gasteiger partial charge in [-0.05, 0) is 30.7 Å². The highest BCUT2D eigenvalue weighted by Crippen LogP contribution is 2.16. The van der Waals surface area contributed by atoms with Gasteiger partial charge in [-0.2, -0.15) is 0 Å². The van der Waals surface area contributed by atoms with Gasteiger partial charge in [-0.3, -0.25) is 0 Å². The van der Waals surface area contributed by atoms with Crippen LogP contribution in [0.25, 0.3) is 12.2 Å². The van der Waals surface area contributed by atoms with Gasteiger partial charge in [-0.25, -0.2) is 4.98 Å². The number of hydrogen-bond donors (Lipinski definition) is 0. The van der Waals surface area contributed by atoms with Crippen molar-refractivity contribution < 1.29 is 4.42 Å². The van der Waals surface area contributed by atoms with Gasteiger partial charge in [0.05, 0.1) is 11.6 Å². The number of alkyl halides is 1. The Morgan fingerprint density at radius 1 is 1.35 bits per heavy atom. The quantitative estimate of drug-likeness (QED) is 0.763. The smallest absolute Gasteiger partial charge is 0.219 e. The Morgan fingerprint density at radius 2 is 2.18 bits per heavy atom. The van der Waals surface area contributed by atoms with Crippen molar-refractivity contribution in [3.05, 3.63) is 52.2 Å². The van der Waals surface area contributed by atoms with Gasteiger partial charge in [0.1, 0.15) is 5.76 Å². The van der Waals surface area contributed by atoms with Crippen molar-refractivity contribution in [2.24, 2.45) is 0 Å². The molecular formula is C13H11Cl2NO. The fourth-order valence-corrected chi connectivity index (χ4v) is 1.87. The highest BCUT2D eigenvalue weighted by Gasteiger charge is 2.05. The van der Waals surface area contributed by atoms with Gasteiger partial charge in [0.15, 0.2) is 0 Å².